The molecule has 8 heteroatoms. The Morgan fingerprint density at radius 2 is 1.77 bits per heavy atom. The summed E-state index contributed by atoms with van der Waals surface area (Å²) in [6.45, 7) is 17.0. The number of piperidine rings is 1. The van der Waals surface area contributed by atoms with Gasteiger partial charge in [-0.15, -0.1) is 0 Å². The van der Waals surface area contributed by atoms with Crippen LogP contribution in [0, 0.1) is 0 Å². The van der Waals surface area contributed by atoms with Crippen molar-refractivity contribution in [2.45, 2.75) is 84.4 Å². The van der Waals surface area contributed by atoms with Gasteiger partial charge in [-0.3, -0.25) is 4.99 Å². The predicted octanol–water partition coefficient (Wildman–Crippen LogP) is 2.74. The fraction of sp³-hybridized carbons (Fsp3) is 0.909. The molecule has 1 heterocycles. The Morgan fingerprint density at radius 3 is 2.27 bits per heavy atom. The number of nitrogens with one attached hydrogen (secondary N) is 3. The number of rotatable bonds is 10. The molecule has 0 radical (unpaired) electrons. The van der Waals surface area contributed by atoms with Gasteiger partial charge < -0.3 is 30.3 Å². The fourth-order valence-corrected chi connectivity index (χ4v) is 3.48. The highest BCUT2D eigenvalue weighted by molar-refractivity contribution is 5.80. The topological polar surface area (TPSA) is 87.2 Å². The van der Waals surface area contributed by atoms with E-state index in [-0.39, 0.29) is 6.09 Å². The Hall–Kier alpha value is -1.54. The van der Waals surface area contributed by atoms with Crippen molar-refractivity contribution in [1.29, 1.82) is 0 Å². The van der Waals surface area contributed by atoms with Gasteiger partial charge in [-0.2, -0.15) is 0 Å². The van der Waals surface area contributed by atoms with E-state index in [2.05, 4.69) is 41.6 Å². The number of methoxy groups -OCH3 is 1. The molecule has 1 saturated heterocycles. The molecule has 1 amide bonds. The molecule has 0 aromatic rings. The third-order valence-corrected chi connectivity index (χ3v) is 5.54. The second-order valence-corrected chi connectivity index (χ2v) is 9.06. The van der Waals surface area contributed by atoms with Crippen molar-refractivity contribution in [3.63, 3.8) is 0 Å². The van der Waals surface area contributed by atoms with Crippen molar-refractivity contribution in [1.82, 2.24) is 20.9 Å². The van der Waals surface area contributed by atoms with Crippen LogP contribution in [0.15, 0.2) is 4.99 Å². The maximum Gasteiger partial charge on any atom is 0.408 e. The van der Waals surface area contributed by atoms with Crippen LogP contribution < -0.4 is 16.0 Å². The standard InChI is InChI=1S/C22H45N5O3/c1-8-22(9-2,26-20(28)30-21(4,5)6)17-24-19(23-10-3)25-18-11-13-27(14-12-18)15-16-29-7/h18H,8-17H2,1-7H3,(H,26,28)(H2,23,24,25). The van der Waals surface area contributed by atoms with Gasteiger partial charge in [0, 0.05) is 39.3 Å². The zero-order valence-electron chi connectivity index (χ0n) is 20.3. The molecule has 0 unspecified atom stereocenters. The van der Waals surface area contributed by atoms with Gasteiger partial charge in [0.1, 0.15) is 5.60 Å². The van der Waals surface area contributed by atoms with E-state index in [4.69, 9.17) is 14.5 Å². The summed E-state index contributed by atoms with van der Waals surface area (Å²) >= 11 is 0. The van der Waals surface area contributed by atoms with E-state index in [0.717, 1.165) is 64.4 Å². The van der Waals surface area contributed by atoms with Crippen LogP contribution in [-0.4, -0.2) is 80.6 Å². The molecule has 8 nitrogen and oxygen atoms in total. The molecule has 1 rings (SSSR count). The maximum atomic E-state index is 12.4. The zero-order valence-corrected chi connectivity index (χ0v) is 20.3. The number of alkyl carbamates (subject to hydrolysis) is 1. The Labute approximate surface area is 183 Å². The SMILES string of the molecule is CCNC(=NCC(CC)(CC)NC(=O)OC(C)(C)C)NC1CCN(CCOC)CC1. The van der Waals surface area contributed by atoms with Crippen LogP contribution in [0.25, 0.3) is 0 Å². The first-order chi connectivity index (χ1) is 14.2. The number of nitrogens with zero attached hydrogens (tertiary/aromatic N) is 2. The molecular weight excluding hydrogens is 382 g/mol. The number of guanidine groups is 1. The van der Waals surface area contributed by atoms with Crippen LogP contribution in [0.1, 0.15) is 67.2 Å². The van der Waals surface area contributed by atoms with Crippen LogP contribution in [0.4, 0.5) is 4.79 Å². The van der Waals surface area contributed by atoms with Gasteiger partial charge in [-0.25, -0.2) is 4.79 Å². The number of likely N-dealkylation sites (tertiary alicyclic amines) is 1. The van der Waals surface area contributed by atoms with Crippen molar-refractivity contribution in [3.8, 4) is 0 Å². The molecule has 0 spiro atoms. The van der Waals surface area contributed by atoms with Gasteiger partial charge in [-0.1, -0.05) is 13.8 Å². The van der Waals surface area contributed by atoms with Crippen molar-refractivity contribution >= 4 is 12.1 Å². The summed E-state index contributed by atoms with van der Waals surface area (Å²) in [6.07, 6.45) is 3.34. The summed E-state index contributed by atoms with van der Waals surface area (Å²) in [5.74, 6) is 0.810. The molecule has 30 heavy (non-hydrogen) atoms. The van der Waals surface area contributed by atoms with Gasteiger partial charge in [0.2, 0.25) is 0 Å². The number of carbonyl (C=O) groups excluding carboxylic acids is 1. The molecule has 0 aromatic carbocycles. The van der Waals surface area contributed by atoms with Crippen molar-refractivity contribution < 1.29 is 14.3 Å². The second-order valence-electron chi connectivity index (χ2n) is 9.06. The normalized spacial score (nSPS) is 17.0. The van der Waals surface area contributed by atoms with Gasteiger partial charge >= 0.3 is 6.09 Å². The molecule has 0 aromatic heterocycles. The van der Waals surface area contributed by atoms with E-state index >= 15 is 0 Å². The van der Waals surface area contributed by atoms with Gasteiger partial charge in [-0.05, 0) is 53.4 Å². The Morgan fingerprint density at radius 1 is 1.13 bits per heavy atom. The minimum Gasteiger partial charge on any atom is -0.444 e. The number of hydrogen-bond donors (Lipinski definition) is 3. The lowest BCUT2D eigenvalue weighted by atomic mass is 9.93. The summed E-state index contributed by atoms with van der Waals surface area (Å²) in [5.41, 5.74) is -0.941. The largest absolute Gasteiger partial charge is 0.444 e. The van der Waals surface area contributed by atoms with E-state index in [9.17, 15) is 4.79 Å². The lowest BCUT2D eigenvalue weighted by molar-refractivity contribution is 0.0452. The van der Waals surface area contributed by atoms with Gasteiger partial charge in [0.05, 0.1) is 18.7 Å². The maximum absolute atomic E-state index is 12.4. The second kappa shape index (κ2) is 13.0. The molecular formula is C22H45N5O3. The minimum absolute atomic E-state index is 0.386. The first kappa shape index (κ1) is 26.5. The van der Waals surface area contributed by atoms with Crippen LogP contribution in [0.2, 0.25) is 0 Å². The summed E-state index contributed by atoms with van der Waals surface area (Å²) in [5, 5.41) is 10.0. The number of carbonyl (C=O) groups is 1. The summed E-state index contributed by atoms with van der Waals surface area (Å²) in [6, 6.07) is 0.401. The van der Waals surface area contributed by atoms with Crippen LogP contribution in [0.3, 0.4) is 0 Å². The molecule has 3 N–H and O–H groups in total. The van der Waals surface area contributed by atoms with Gasteiger partial charge in [0.15, 0.2) is 5.96 Å². The first-order valence-corrected chi connectivity index (χ1v) is 11.4. The number of ether oxygens (including phenoxy) is 2. The highest BCUT2D eigenvalue weighted by atomic mass is 16.6. The van der Waals surface area contributed by atoms with Crippen LogP contribution in [0.5, 0.6) is 0 Å². The monoisotopic (exact) mass is 427 g/mol. The summed E-state index contributed by atoms with van der Waals surface area (Å²) in [7, 11) is 1.75. The lowest BCUT2D eigenvalue weighted by Crippen LogP contribution is -2.53. The quantitative estimate of drug-likeness (QED) is 0.367. The molecule has 1 aliphatic heterocycles. The third-order valence-electron chi connectivity index (χ3n) is 5.54. The summed E-state index contributed by atoms with van der Waals surface area (Å²) in [4.78, 5) is 19.6. The van der Waals surface area contributed by atoms with E-state index in [1.807, 2.05) is 20.8 Å². The highest BCUT2D eigenvalue weighted by Crippen LogP contribution is 2.18. The molecule has 1 fully saturated rings. The molecule has 1 aliphatic rings. The van der Waals surface area contributed by atoms with Crippen molar-refractivity contribution in [2.24, 2.45) is 4.99 Å². The van der Waals surface area contributed by atoms with E-state index < -0.39 is 11.1 Å². The molecule has 0 bridgehead atoms. The zero-order chi connectivity index (χ0) is 22.6. The van der Waals surface area contributed by atoms with E-state index in [1.54, 1.807) is 7.11 Å². The fourth-order valence-electron chi connectivity index (χ4n) is 3.48. The van der Waals surface area contributed by atoms with Gasteiger partial charge in [0.25, 0.3) is 0 Å². The Kier molecular flexibility index (Phi) is 11.5. The average Bonchev–Trinajstić information content (AvgIpc) is 2.69. The highest BCUT2D eigenvalue weighted by Gasteiger charge is 2.30. The Balaban J connectivity index is 2.70. The smallest absolute Gasteiger partial charge is 0.408 e. The number of hydrogen-bond acceptors (Lipinski definition) is 5. The number of amides is 1. The molecule has 0 aliphatic carbocycles. The average molecular weight is 428 g/mol. The summed E-state index contributed by atoms with van der Waals surface area (Å²) < 4.78 is 10.6. The van der Waals surface area contributed by atoms with E-state index in [0.29, 0.717) is 12.6 Å². The molecule has 0 saturated carbocycles. The molecule has 0 atom stereocenters. The van der Waals surface area contributed by atoms with Crippen LogP contribution >= 0.6 is 0 Å². The lowest BCUT2D eigenvalue weighted by Gasteiger charge is -2.34. The van der Waals surface area contributed by atoms with E-state index in [1.165, 1.54) is 0 Å². The Bertz CT molecular complexity index is 521. The first-order valence-electron chi connectivity index (χ1n) is 11.4. The van der Waals surface area contributed by atoms with Crippen molar-refractivity contribution in [2.75, 3.05) is 46.4 Å². The van der Waals surface area contributed by atoms with Crippen LogP contribution in [-0.2, 0) is 9.47 Å². The number of aliphatic imine (C=N–C) groups is 1. The molecule has 176 valence electrons. The minimum atomic E-state index is -0.519. The predicted molar refractivity (Wildman–Crippen MR) is 123 cm³/mol. The third kappa shape index (κ3) is 9.98. The van der Waals surface area contributed by atoms with Crippen molar-refractivity contribution in [3.05, 3.63) is 0 Å².